The van der Waals surface area contributed by atoms with E-state index < -0.39 is 0 Å². The maximum absolute atomic E-state index is 6.13. The zero-order valence-corrected chi connectivity index (χ0v) is 11.2. The zero-order chi connectivity index (χ0) is 13.1. The molecule has 5 heteroatoms. The first-order chi connectivity index (χ1) is 8.65. The van der Waals surface area contributed by atoms with Crippen molar-refractivity contribution in [3.8, 4) is 23.0 Å². The molecule has 0 spiro atoms. The van der Waals surface area contributed by atoms with Gasteiger partial charge in [-0.15, -0.1) is 0 Å². The highest BCUT2D eigenvalue weighted by Gasteiger charge is 2.10. The number of benzene rings is 1. The third-order valence-electron chi connectivity index (χ3n) is 2.59. The van der Waals surface area contributed by atoms with Crippen molar-refractivity contribution in [2.24, 2.45) is 0 Å². The third-order valence-corrected chi connectivity index (χ3v) is 2.89. The molecular formula is C13H13ClN2O2. The summed E-state index contributed by atoms with van der Waals surface area (Å²) in [6.07, 6.45) is 1.65. The van der Waals surface area contributed by atoms with Crippen LogP contribution in [0, 0.1) is 6.92 Å². The van der Waals surface area contributed by atoms with Crippen molar-refractivity contribution in [2.45, 2.75) is 6.92 Å². The second-order valence-corrected chi connectivity index (χ2v) is 4.14. The molecule has 2 aromatic rings. The summed E-state index contributed by atoms with van der Waals surface area (Å²) in [4.78, 5) is 8.26. The fraction of sp³-hybridized carbons (Fsp3) is 0.231. The minimum atomic E-state index is 0.332. The number of halogens is 1. The summed E-state index contributed by atoms with van der Waals surface area (Å²) in [6.45, 7) is 1.97. The van der Waals surface area contributed by atoms with Crippen LogP contribution in [-0.2, 0) is 0 Å². The standard InChI is InChI=1S/C13H13ClN2O2/c1-8-6-12(17-2)10(14)7-9(8)11-4-5-15-13(16-11)18-3/h4-7H,1-3H3. The summed E-state index contributed by atoms with van der Waals surface area (Å²) in [5.74, 6) is 0.652. The van der Waals surface area contributed by atoms with Crippen molar-refractivity contribution < 1.29 is 9.47 Å². The Hall–Kier alpha value is -1.81. The Kier molecular flexibility index (Phi) is 3.67. The van der Waals surface area contributed by atoms with Crippen molar-refractivity contribution in [2.75, 3.05) is 14.2 Å². The number of aromatic nitrogens is 2. The number of ether oxygens (including phenoxy) is 2. The van der Waals surface area contributed by atoms with Crippen LogP contribution in [0.3, 0.4) is 0 Å². The Labute approximate surface area is 111 Å². The average Bonchev–Trinajstić information content (AvgIpc) is 2.41. The average molecular weight is 265 g/mol. The molecule has 0 aliphatic rings. The topological polar surface area (TPSA) is 44.2 Å². The fourth-order valence-electron chi connectivity index (χ4n) is 1.68. The Balaban J connectivity index is 2.53. The molecule has 4 nitrogen and oxygen atoms in total. The molecule has 0 bridgehead atoms. The van der Waals surface area contributed by atoms with Gasteiger partial charge in [0.15, 0.2) is 0 Å². The van der Waals surface area contributed by atoms with Crippen molar-refractivity contribution >= 4 is 11.6 Å². The first-order valence-electron chi connectivity index (χ1n) is 5.37. The van der Waals surface area contributed by atoms with Gasteiger partial charge >= 0.3 is 6.01 Å². The largest absolute Gasteiger partial charge is 0.495 e. The van der Waals surface area contributed by atoms with Crippen LogP contribution in [0.1, 0.15) is 5.56 Å². The highest BCUT2D eigenvalue weighted by molar-refractivity contribution is 6.32. The van der Waals surface area contributed by atoms with Gasteiger partial charge in [0, 0.05) is 11.8 Å². The minimum Gasteiger partial charge on any atom is -0.495 e. The lowest BCUT2D eigenvalue weighted by atomic mass is 10.1. The van der Waals surface area contributed by atoms with E-state index in [0.29, 0.717) is 16.8 Å². The van der Waals surface area contributed by atoms with E-state index in [4.69, 9.17) is 21.1 Å². The van der Waals surface area contributed by atoms with Crippen LogP contribution in [0.15, 0.2) is 24.4 Å². The Morgan fingerprint density at radius 1 is 1.17 bits per heavy atom. The monoisotopic (exact) mass is 264 g/mol. The van der Waals surface area contributed by atoms with Gasteiger partial charge in [-0.25, -0.2) is 4.98 Å². The van der Waals surface area contributed by atoms with E-state index in [1.165, 1.54) is 7.11 Å². The van der Waals surface area contributed by atoms with E-state index in [0.717, 1.165) is 16.8 Å². The molecule has 18 heavy (non-hydrogen) atoms. The first-order valence-corrected chi connectivity index (χ1v) is 5.75. The van der Waals surface area contributed by atoms with Crippen LogP contribution in [0.5, 0.6) is 11.8 Å². The molecule has 1 aromatic carbocycles. The van der Waals surface area contributed by atoms with Crippen LogP contribution in [0.4, 0.5) is 0 Å². The molecule has 0 amide bonds. The zero-order valence-electron chi connectivity index (χ0n) is 10.4. The lowest BCUT2D eigenvalue weighted by Gasteiger charge is -2.10. The Bertz CT molecular complexity index is 573. The SMILES string of the molecule is COc1nccc(-c2cc(Cl)c(OC)cc2C)n1. The lowest BCUT2D eigenvalue weighted by molar-refractivity contribution is 0.380. The molecule has 94 valence electrons. The summed E-state index contributed by atoms with van der Waals surface area (Å²) in [5, 5.41) is 0.552. The molecular weight excluding hydrogens is 252 g/mol. The van der Waals surface area contributed by atoms with E-state index >= 15 is 0 Å². The van der Waals surface area contributed by atoms with Crippen molar-refractivity contribution in [3.05, 3.63) is 35.0 Å². The summed E-state index contributed by atoms with van der Waals surface area (Å²) < 4.78 is 10.2. The Morgan fingerprint density at radius 3 is 2.61 bits per heavy atom. The molecule has 2 rings (SSSR count). The molecule has 1 aromatic heterocycles. The molecule has 1 heterocycles. The van der Waals surface area contributed by atoms with Gasteiger partial charge in [-0.05, 0) is 30.7 Å². The van der Waals surface area contributed by atoms with Gasteiger partial charge in [0.25, 0.3) is 0 Å². The molecule has 0 radical (unpaired) electrons. The highest BCUT2D eigenvalue weighted by atomic mass is 35.5. The van der Waals surface area contributed by atoms with E-state index in [9.17, 15) is 0 Å². The second kappa shape index (κ2) is 5.23. The van der Waals surface area contributed by atoms with Crippen LogP contribution in [-0.4, -0.2) is 24.2 Å². The van der Waals surface area contributed by atoms with Gasteiger partial charge in [-0.3, -0.25) is 0 Å². The summed E-state index contributed by atoms with van der Waals surface area (Å²) in [5.41, 5.74) is 2.72. The van der Waals surface area contributed by atoms with Crippen LogP contribution in [0.2, 0.25) is 5.02 Å². The summed E-state index contributed by atoms with van der Waals surface area (Å²) >= 11 is 6.13. The quantitative estimate of drug-likeness (QED) is 0.854. The molecule has 0 aliphatic carbocycles. The molecule has 0 atom stereocenters. The van der Waals surface area contributed by atoms with Crippen molar-refractivity contribution in [1.29, 1.82) is 0 Å². The summed E-state index contributed by atoms with van der Waals surface area (Å²) in [7, 11) is 3.13. The first kappa shape index (κ1) is 12.6. The normalized spacial score (nSPS) is 10.2. The Morgan fingerprint density at radius 2 is 1.94 bits per heavy atom. The van der Waals surface area contributed by atoms with E-state index in [1.54, 1.807) is 13.3 Å². The number of nitrogens with zero attached hydrogens (tertiary/aromatic N) is 2. The van der Waals surface area contributed by atoms with E-state index in [2.05, 4.69) is 9.97 Å². The van der Waals surface area contributed by atoms with Crippen molar-refractivity contribution in [3.63, 3.8) is 0 Å². The third kappa shape index (κ3) is 2.38. The van der Waals surface area contributed by atoms with E-state index in [-0.39, 0.29) is 0 Å². The minimum absolute atomic E-state index is 0.332. The predicted octanol–water partition coefficient (Wildman–Crippen LogP) is 3.12. The maximum Gasteiger partial charge on any atom is 0.316 e. The maximum atomic E-state index is 6.13. The van der Waals surface area contributed by atoms with Gasteiger partial charge < -0.3 is 9.47 Å². The molecule has 0 fully saturated rings. The molecule has 0 saturated carbocycles. The lowest BCUT2D eigenvalue weighted by Crippen LogP contribution is -1.95. The van der Waals surface area contributed by atoms with Crippen LogP contribution < -0.4 is 9.47 Å². The van der Waals surface area contributed by atoms with Gasteiger partial charge in [0.1, 0.15) is 5.75 Å². The molecule has 0 N–H and O–H groups in total. The van der Waals surface area contributed by atoms with Crippen LogP contribution in [0.25, 0.3) is 11.3 Å². The predicted molar refractivity (Wildman–Crippen MR) is 70.3 cm³/mol. The number of hydrogen-bond donors (Lipinski definition) is 0. The summed E-state index contributed by atoms with van der Waals surface area (Å²) in [6, 6.07) is 5.86. The number of methoxy groups -OCH3 is 2. The highest BCUT2D eigenvalue weighted by Crippen LogP contribution is 2.32. The second-order valence-electron chi connectivity index (χ2n) is 3.73. The number of hydrogen-bond acceptors (Lipinski definition) is 4. The van der Waals surface area contributed by atoms with Gasteiger partial charge in [0.2, 0.25) is 0 Å². The number of rotatable bonds is 3. The fourth-order valence-corrected chi connectivity index (χ4v) is 1.92. The van der Waals surface area contributed by atoms with Crippen LogP contribution >= 0.6 is 11.6 Å². The molecule has 0 unspecified atom stereocenters. The van der Waals surface area contributed by atoms with E-state index in [1.807, 2.05) is 25.1 Å². The van der Waals surface area contributed by atoms with Crippen molar-refractivity contribution in [1.82, 2.24) is 9.97 Å². The molecule has 0 saturated heterocycles. The smallest absolute Gasteiger partial charge is 0.316 e. The molecule has 0 aliphatic heterocycles. The number of aryl methyl sites for hydroxylation is 1. The van der Waals surface area contributed by atoms with Gasteiger partial charge in [-0.2, -0.15) is 4.98 Å². The van der Waals surface area contributed by atoms with Gasteiger partial charge in [-0.1, -0.05) is 11.6 Å². The van der Waals surface area contributed by atoms with Gasteiger partial charge in [0.05, 0.1) is 24.9 Å².